The molecule has 16 heavy (non-hydrogen) atoms. The van der Waals surface area contributed by atoms with Crippen LogP contribution in [-0.2, 0) is 17.7 Å². The van der Waals surface area contributed by atoms with Crippen LogP contribution in [0.5, 0.6) is 0 Å². The number of hydrogen-bond donors (Lipinski definition) is 0. The lowest BCUT2D eigenvalue weighted by Crippen LogP contribution is -2.13. The molecule has 0 fully saturated rings. The molecule has 1 unspecified atom stereocenters. The van der Waals surface area contributed by atoms with Gasteiger partial charge < -0.3 is 4.74 Å². The van der Waals surface area contributed by atoms with Crippen LogP contribution in [0.4, 0.5) is 0 Å². The van der Waals surface area contributed by atoms with Crippen molar-refractivity contribution in [3.63, 3.8) is 0 Å². The fraction of sp³-hybridized carbons (Fsp3) is 0.833. The van der Waals surface area contributed by atoms with Crippen molar-refractivity contribution >= 4 is 0 Å². The third-order valence-corrected chi connectivity index (χ3v) is 2.61. The first kappa shape index (κ1) is 13.2. The van der Waals surface area contributed by atoms with E-state index in [0.29, 0.717) is 6.10 Å². The highest BCUT2D eigenvalue weighted by Gasteiger charge is 2.03. The zero-order chi connectivity index (χ0) is 11.8. The number of aryl methyl sites for hydroxylation is 2. The van der Waals surface area contributed by atoms with Gasteiger partial charge in [-0.05, 0) is 26.2 Å². The average molecular weight is 225 g/mol. The maximum atomic E-state index is 5.68. The summed E-state index contributed by atoms with van der Waals surface area (Å²) in [6.45, 7) is 8.14. The lowest BCUT2D eigenvalue weighted by molar-refractivity contribution is 0.0547. The van der Waals surface area contributed by atoms with Gasteiger partial charge in [-0.25, -0.2) is 0 Å². The Kier molecular flexibility index (Phi) is 6.08. The molecule has 1 aromatic rings. The minimum absolute atomic E-state index is 0.306. The molecule has 4 heteroatoms. The Morgan fingerprint density at radius 2 is 2.25 bits per heavy atom. The van der Waals surface area contributed by atoms with Gasteiger partial charge in [-0.3, -0.25) is 4.68 Å². The second kappa shape index (κ2) is 7.39. The summed E-state index contributed by atoms with van der Waals surface area (Å²) in [5, 5.41) is 8.13. The standard InChI is InChI=1S/C12H23N3O/c1-4-6-9-16-11(3)7-8-15-10-12(5-2)13-14-15/h10-11H,4-9H2,1-3H3. The highest BCUT2D eigenvalue weighted by Crippen LogP contribution is 2.02. The molecule has 0 radical (unpaired) electrons. The normalized spacial score (nSPS) is 12.9. The average Bonchev–Trinajstić information content (AvgIpc) is 2.74. The van der Waals surface area contributed by atoms with Crippen LogP contribution in [-0.4, -0.2) is 27.7 Å². The number of ether oxygens (including phenoxy) is 1. The van der Waals surface area contributed by atoms with Crippen LogP contribution in [0.15, 0.2) is 6.20 Å². The van der Waals surface area contributed by atoms with Gasteiger partial charge in [0.15, 0.2) is 0 Å². The molecule has 1 rings (SSSR count). The Morgan fingerprint density at radius 1 is 1.44 bits per heavy atom. The molecule has 92 valence electrons. The molecule has 0 aliphatic heterocycles. The van der Waals surface area contributed by atoms with E-state index in [2.05, 4.69) is 31.1 Å². The molecule has 1 atom stereocenters. The van der Waals surface area contributed by atoms with Crippen molar-refractivity contribution < 1.29 is 4.74 Å². The highest BCUT2D eigenvalue weighted by atomic mass is 16.5. The number of nitrogens with zero attached hydrogens (tertiary/aromatic N) is 3. The summed E-state index contributed by atoms with van der Waals surface area (Å²) in [5.41, 5.74) is 1.06. The van der Waals surface area contributed by atoms with E-state index < -0.39 is 0 Å². The minimum Gasteiger partial charge on any atom is -0.378 e. The first-order valence-corrected chi connectivity index (χ1v) is 6.26. The van der Waals surface area contributed by atoms with Crippen LogP contribution in [0, 0.1) is 0 Å². The zero-order valence-electron chi connectivity index (χ0n) is 10.6. The van der Waals surface area contributed by atoms with Gasteiger partial charge in [-0.15, -0.1) is 5.10 Å². The topological polar surface area (TPSA) is 39.9 Å². The molecule has 0 N–H and O–H groups in total. The molecule has 1 aromatic heterocycles. The van der Waals surface area contributed by atoms with Crippen LogP contribution in [0.1, 0.15) is 45.7 Å². The van der Waals surface area contributed by atoms with E-state index in [1.165, 1.54) is 6.42 Å². The van der Waals surface area contributed by atoms with E-state index in [0.717, 1.165) is 38.1 Å². The molecule has 0 aromatic carbocycles. The summed E-state index contributed by atoms with van der Waals surface area (Å²) in [6.07, 6.45) is 6.60. The SMILES string of the molecule is CCCCOC(C)CCn1cc(CC)nn1. The van der Waals surface area contributed by atoms with E-state index in [1.54, 1.807) is 0 Å². The monoisotopic (exact) mass is 225 g/mol. The molecule has 4 nitrogen and oxygen atoms in total. The predicted molar refractivity (Wildman–Crippen MR) is 64.3 cm³/mol. The van der Waals surface area contributed by atoms with E-state index in [9.17, 15) is 0 Å². The maximum absolute atomic E-state index is 5.68. The van der Waals surface area contributed by atoms with Crippen molar-refractivity contribution in [3.05, 3.63) is 11.9 Å². The first-order valence-electron chi connectivity index (χ1n) is 6.26. The van der Waals surface area contributed by atoms with Crippen LogP contribution in [0.2, 0.25) is 0 Å². The van der Waals surface area contributed by atoms with Gasteiger partial charge in [0.2, 0.25) is 0 Å². The van der Waals surface area contributed by atoms with E-state index >= 15 is 0 Å². The van der Waals surface area contributed by atoms with Gasteiger partial charge in [0, 0.05) is 19.3 Å². The van der Waals surface area contributed by atoms with Crippen LogP contribution >= 0.6 is 0 Å². The number of hydrogen-bond acceptors (Lipinski definition) is 3. The van der Waals surface area contributed by atoms with Crippen molar-refractivity contribution in [1.29, 1.82) is 0 Å². The van der Waals surface area contributed by atoms with E-state index in [1.807, 2.05) is 10.9 Å². The summed E-state index contributed by atoms with van der Waals surface area (Å²) in [7, 11) is 0. The highest BCUT2D eigenvalue weighted by molar-refractivity contribution is 4.90. The fourth-order valence-corrected chi connectivity index (χ4v) is 1.44. The van der Waals surface area contributed by atoms with Gasteiger partial charge in [0.25, 0.3) is 0 Å². The molecular weight excluding hydrogens is 202 g/mol. The first-order chi connectivity index (χ1) is 7.76. The van der Waals surface area contributed by atoms with Crippen LogP contribution in [0.3, 0.4) is 0 Å². The molecule has 0 aliphatic rings. The molecule has 0 saturated carbocycles. The zero-order valence-corrected chi connectivity index (χ0v) is 10.6. The summed E-state index contributed by atoms with van der Waals surface area (Å²) in [4.78, 5) is 0. The van der Waals surface area contributed by atoms with E-state index in [-0.39, 0.29) is 0 Å². The lowest BCUT2D eigenvalue weighted by Gasteiger charge is -2.12. The summed E-state index contributed by atoms with van der Waals surface area (Å²) < 4.78 is 7.58. The second-order valence-corrected chi connectivity index (χ2v) is 4.15. The van der Waals surface area contributed by atoms with Gasteiger partial charge in [0.05, 0.1) is 11.8 Å². The fourth-order valence-electron chi connectivity index (χ4n) is 1.44. The van der Waals surface area contributed by atoms with Gasteiger partial charge in [0.1, 0.15) is 0 Å². The van der Waals surface area contributed by atoms with E-state index in [4.69, 9.17) is 4.74 Å². The molecule has 0 amide bonds. The summed E-state index contributed by atoms with van der Waals surface area (Å²) in [6, 6.07) is 0. The summed E-state index contributed by atoms with van der Waals surface area (Å²) in [5.74, 6) is 0. The Morgan fingerprint density at radius 3 is 2.88 bits per heavy atom. The maximum Gasteiger partial charge on any atom is 0.0824 e. The van der Waals surface area contributed by atoms with Crippen molar-refractivity contribution in [2.45, 2.75) is 59.1 Å². The Balaban J connectivity index is 2.18. The van der Waals surface area contributed by atoms with Crippen molar-refractivity contribution in [3.8, 4) is 0 Å². The van der Waals surface area contributed by atoms with Gasteiger partial charge >= 0.3 is 0 Å². The van der Waals surface area contributed by atoms with Crippen molar-refractivity contribution in [1.82, 2.24) is 15.0 Å². The molecular formula is C12H23N3O. The van der Waals surface area contributed by atoms with Crippen LogP contribution < -0.4 is 0 Å². The number of rotatable bonds is 8. The second-order valence-electron chi connectivity index (χ2n) is 4.15. The Hall–Kier alpha value is -0.900. The molecule has 0 saturated heterocycles. The van der Waals surface area contributed by atoms with Gasteiger partial charge in [-0.1, -0.05) is 25.5 Å². The largest absolute Gasteiger partial charge is 0.378 e. The quantitative estimate of drug-likeness (QED) is 0.638. The third-order valence-electron chi connectivity index (χ3n) is 2.61. The number of aromatic nitrogens is 3. The Labute approximate surface area is 98.0 Å². The van der Waals surface area contributed by atoms with Crippen molar-refractivity contribution in [2.75, 3.05) is 6.61 Å². The number of unbranched alkanes of at least 4 members (excludes halogenated alkanes) is 1. The van der Waals surface area contributed by atoms with Gasteiger partial charge in [-0.2, -0.15) is 0 Å². The van der Waals surface area contributed by atoms with Crippen molar-refractivity contribution in [2.24, 2.45) is 0 Å². The molecule has 0 aliphatic carbocycles. The third kappa shape index (κ3) is 4.75. The van der Waals surface area contributed by atoms with Crippen LogP contribution in [0.25, 0.3) is 0 Å². The minimum atomic E-state index is 0.306. The predicted octanol–water partition coefficient (Wildman–Crippen LogP) is 2.44. The smallest absolute Gasteiger partial charge is 0.0824 e. The molecule has 0 spiro atoms. The lowest BCUT2D eigenvalue weighted by atomic mass is 10.3. The molecule has 1 heterocycles. The Bertz CT molecular complexity index is 286. The molecule has 0 bridgehead atoms. The summed E-state index contributed by atoms with van der Waals surface area (Å²) >= 11 is 0.